The van der Waals surface area contributed by atoms with Crippen LogP contribution in [0.25, 0.3) is 0 Å². The lowest BCUT2D eigenvalue weighted by Gasteiger charge is -2.04. The molecule has 0 spiro atoms. The molecule has 1 aromatic carbocycles. The highest BCUT2D eigenvalue weighted by Gasteiger charge is 2.10. The van der Waals surface area contributed by atoms with Crippen molar-refractivity contribution in [3.63, 3.8) is 0 Å². The van der Waals surface area contributed by atoms with Gasteiger partial charge in [-0.2, -0.15) is 0 Å². The number of methoxy groups -OCH3 is 1. The van der Waals surface area contributed by atoms with E-state index in [9.17, 15) is 13.2 Å². The SMILES string of the molecule is CCS(=O)(=O)c1ccc(CCCC(=O)OC)cc1. The van der Waals surface area contributed by atoms with Gasteiger partial charge in [-0.15, -0.1) is 0 Å². The normalized spacial score (nSPS) is 11.2. The molecule has 0 fully saturated rings. The molecule has 1 rings (SSSR count). The van der Waals surface area contributed by atoms with Crippen LogP contribution in [0, 0.1) is 0 Å². The van der Waals surface area contributed by atoms with E-state index in [1.54, 1.807) is 31.2 Å². The van der Waals surface area contributed by atoms with Crippen LogP contribution in [0.5, 0.6) is 0 Å². The number of rotatable bonds is 6. The lowest BCUT2D eigenvalue weighted by molar-refractivity contribution is -0.140. The van der Waals surface area contributed by atoms with Crippen LogP contribution in [0.4, 0.5) is 0 Å². The highest BCUT2D eigenvalue weighted by molar-refractivity contribution is 7.91. The maximum atomic E-state index is 11.6. The van der Waals surface area contributed by atoms with Gasteiger partial charge in [0.15, 0.2) is 9.84 Å². The fourth-order valence-electron chi connectivity index (χ4n) is 1.57. The molecule has 0 aliphatic rings. The van der Waals surface area contributed by atoms with E-state index in [2.05, 4.69) is 4.74 Å². The Labute approximate surface area is 108 Å². The molecule has 0 atom stereocenters. The monoisotopic (exact) mass is 270 g/mol. The van der Waals surface area contributed by atoms with Crippen LogP contribution in [0.15, 0.2) is 29.2 Å². The summed E-state index contributed by atoms with van der Waals surface area (Å²) in [7, 11) is -1.76. The van der Waals surface area contributed by atoms with Gasteiger partial charge in [0.05, 0.1) is 17.8 Å². The van der Waals surface area contributed by atoms with Crippen LogP contribution in [-0.2, 0) is 25.8 Å². The summed E-state index contributed by atoms with van der Waals surface area (Å²) in [6.07, 6.45) is 1.82. The maximum Gasteiger partial charge on any atom is 0.305 e. The Morgan fingerprint density at radius 2 is 1.83 bits per heavy atom. The summed E-state index contributed by atoms with van der Waals surface area (Å²) in [5.41, 5.74) is 1.02. The van der Waals surface area contributed by atoms with Gasteiger partial charge in [0, 0.05) is 6.42 Å². The second-order valence-electron chi connectivity index (χ2n) is 3.98. The summed E-state index contributed by atoms with van der Waals surface area (Å²) >= 11 is 0. The highest BCUT2D eigenvalue weighted by Crippen LogP contribution is 2.13. The van der Waals surface area contributed by atoms with Crippen molar-refractivity contribution in [3.8, 4) is 0 Å². The number of benzene rings is 1. The number of aryl methyl sites for hydroxylation is 1. The summed E-state index contributed by atoms with van der Waals surface area (Å²) in [6.45, 7) is 1.62. The fraction of sp³-hybridized carbons (Fsp3) is 0.462. The minimum Gasteiger partial charge on any atom is -0.469 e. The quantitative estimate of drug-likeness (QED) is 0.742. The summed E-state index contributed by atoms with van der Waals surface area (Å²) in [6, 6.07) is 6.82. The fourth-order valence-corrected chi connectivity index (χ4v) is 2.45. The summed E-state index contributed by atoms with van der Waals surface area (Å²) in [5.74, 6) is -0.116. The molecule has 0 saturated carbocycles. The molecule has 0 unspecified atom stereocenters. The number of esters is 1. The first-order valence-electron chi connectivity index (χ1n) is 5.88. The van der Waals surface area contributed by atoms with E-state index in [-0.39, 0.29) is 11.7 Å². The second-order valence-corrected chi connectivity index (χ2v) is 6.26. The van der Waals surface area contributed by atoms with Gasteiger partial charge in [-0.3, -0.25) is 4.79 Å². The largest absolute Gasteiger partial charge is 0.469 e. The summed E-state index contributed by atoms with van der Waals surface area (Å²) < 4.78 is 27.7. The zero-order valence-electron chi connectivity index (χ0n) is 10.7. The lowest BCUT2D eigenvalue weighted by Crippen LogP contribution is -2.04. The van der Waals surface area contributed by atoms with Crippen molar-refractivity contribution in [3.05, 3.63) is 29.8 Å². The standard InChI is InChI=1S/C13H18O4S/c1-3-18(15,16)12-9-7-11(8-10-12)5-4-6-13(14)17-2/h7-10H,3-6H2,1-2H3. The van der Waals surface area contributed by atoms with Crippen LogP contribution < -0.4 is 0 Å². The first-order valence-corrected chi connectivity index (χ1v) is 7.53. The second kappa shape index (κ2) is 6.54. The van der Waals surface area contributed by atoms with Gasteiger partial charge in [-0.25, -0.2) is 8.42 Å². The number of hydrogen-bond acceptors (Lipinski definition) is 4. The first-order chi connectivity index (χ1) is 8.49. The molecule has 0 aromatic heterocycles. The molecule has 0 radical (unpaired) electrons. The van der Waals surface area contributed by atoms with Gasteiger partial charge in [0.2, 0.25) is 0 Å². The van der Waals surface area contributed by atoms with Crippen molar-refractivity contribution >= 4 is 15.8 Å². The molecule has 100 valence electrons. The van der Waals surface area contributed by atoms with E-state index in [1.165, 1.54) is 7.11 Å². The number of sulfone groups is 1. The minimum atomic E-state index is -3.13. The Hall–Kier alpha value is -1.36. The highest BCUT2D eigenvalue weighted by atomic mass is 32.2. The molecule has 0 aliphatic carbocycles. The molecular formula is C13H18O4S. The predicted octanol–water partition coefficient (Wildman–Crippen LogP) is 1.98. The first kappa shape index (κ1) is 14.7. The number of carbonyl (C=O) groups is 1. The molecule has 18 heavy (non-hydrogen) atoms. The van der Waals surface area contributed by atoms with Gasteiger partial charge >= 0.3 is 5.97 Å². The van der Waals surface area contributed by atoms with Crippen molar-refractivity contribution in [2.24, 2.45) is 0 Å². The Kier molecular flexibility index (Phi) is 5.34. The van der Waals surface area contributed by atoms with Crippen molar-refractivity contribution in [1.82, 2.24) is 0 Å². The van der Waals surface area contributed by atoms with Crippen LogP contribution in [0.2, 0.25) is 0 Å². The van der Waals surface area contributed by atoms with Gasteiger partial charge < -0.3 is 4.74 Å². The predicted molar refractivity (Wildman–Crippen MR) is 69.1 cm³/mol. The molecule has 0 heterocycles. The van der Waals surface area contributed by atoms with E-state index in [0.29, 0.717) is 17.7 Å². The van der Waals surface area contributed by atoms with Gasteiger partial charge in [0.25, 0.3) is 0 Å². The Morgan fingerprint density at radius 1 is 1.22 bits per heavy atom. The lowest BCUT2D eigenvalue weighted by atomic mass is 10.1. The third kappa shape index (κ3) is 4.14. The average molecular weight is 270 g/mol. The van der Waals surface area contributed by atoms with Crippen LogP contribution in [0.3, 0.4) is 0 Å². The summed E-state index contributed by atoms with van der Waals surface area (Å²) in [5, 5.41) is 0. The topological polar surface area (TPSA) is 60.4 Å². The van der Waals surface area contributed by atoms with Crippen molar-refractivity contribution < 1.29 is 17.9 Å². The van der Waals surface area contributed by atoms with E-state index >= 15 is 0 Å². The average Bonchev–Trinajstić information content (AvgIpc) is 2.39. The van der Waals surface area contributed by atoms with E-state index in [4.69, 9.17) is 0 Å². The smallest absolute Gasteiger partial charge is 0.305 e. The van der Waals surface area contributed by atoms with Crippen molar-refractivity contribution in [2.45, 2.75) is 31.1 Å². The van der Waals surface area contributed by atoms with Crippen LogP contribution in [0.1, 0.15) is 25.3 Å². The van der Waals surface area contributed by atoms with Crippen LogP contribution >= 0.6 is 0 Å². The Morgan fingerprint density at radius 3 is 2.33 bits per heavy atom. The van der Waals surface area contributed by atoms with E-state index in [0.717, 1.165) is 12.0 Å². The van der Waals surface area contributed by atoms with Gasteiger partial charge in [0.1, 0.15) is 0 Å². The van der Waals surface area contributed by atoms with Crippen molar-refractivity contribution in [2.75, 3.05) is 12.9 Å². The number of carbonyl (C=O) groups excluding carboxylic acids is 1. The zero-order valence-corrected chi connectivity index (χ0v) is 11.5. The van der Waals surface area contributed by atoms with Gasteiger partial charge in [-0.05, 0) is 30.5 Å². The molecule has 0 amide bonds. The Balaban J connectivity index is 2.59. The number of ether oxygens (including phenoxy) is 1. The van der Waals surface area contributed by atoms with Crippen molar-refractivity contribution in [1.29, 1.82) is 0 Å². The van der Waals surface area contributed by atoms with E-state index < -0.39 is 9.84 Å². The zero-order chi connectivity index (χ0) is 13.6. The molecule has 0 saturated heterocycles. The molecule has 0 aliphatic heterocycles. The molecule has 5 heteroatoms. The minimum absolute atomic E-state index is 0.106. The van der Waals surface area contributed by atoms with Gasteiger partial charge in [-0.1, -0.05) is 19.1 Å². The molecule has 1 aromatic rings. The molecule has 0 N–H and O–H groups in total. The third-order valence-electron chi connectivity index (χ3n) is 2.74. The molecule has 0 bridgehead atoms. The maximum absolute atomic E-state index is 11.6. The van der Waals surface area contributed by atoms with E-state index in [1.807, 2.05) is 0 Å². The summed E-state index contributed by atoms with van der Waals surface area (Å²) in [4.78, 5) is 11.3. The molecule has 4 nitrogen and oxygen atoms in total. The number of hydrogen-bond donors (Lipinski definition) is 0. The Bertz CT molecular complexity index is 488. The third-order valence-corrected chi connectivity index (χ3v) is 4.49. The van der Waals surface area contributed by atoms with Crippen LogP contribution in [-0.4, -0.2) is 27.2 Å². The molecular weight excluding hydrogens is 252 g/mol.